The molecule has 154 valence electrons. The van der Waals surface area contributed by atoms with Crippen LogP contribution in [0, 0.1) is 5.82 Å². The van der Waals surface area contributed by atoms with Crippen LogP contribution in [0.3, 0.4) is 0 Å². The highest BCUT2D eigenvalue weighted by atomic mass is 32.2. The first kappa shape index (κ1) is 22.4. The number of amides is 2. The number of anilines is 1. The summed E-state index contributed by atoms with van der Waals surface area (Å²) in [4.78, 5) is 37.2. The molecule has 29 heavy (non-hydrogen) atoms. The second-order valence-corrected chi connectivity index (χ2v) is 7.24. The predicted octanol–water partition coefficient (Wildman–Crippen LogP) is 3.25. The number of carbonyl (C=O) groups is 3. The highest BCUT2D eigenvalue weighted by molar-refractivity contribution is 7.98. The zero-order valence-electron chi connectivity index (χ0n) is 16.2. The highest BCUT2D eigenvalue weighted by Crippen LogP contribution is 2.11. The van der Waals surface area contributed by atoms with Crippen molar-refractivity contribution in [2.45, 2.75) is 25.5 Å². The topological polar surface area (TPSA) is 84.5 Å². The quantitative estimate of drug-likeness (QED) is 0.611. The molecule has 0 saturated carbocycles. The van der Waals surface area contributed by atoms with Gasteiger partial charge in [0.1, 0.15) is 11.9 Å². The fraction of sp³-hybridized carbons (Fsp3) is 0.286. The Hall–Kier alpha value is -2.87. The number of rotatable bonds is 9. The van der Waals surface area contributed by atoms with Gasteiger partial charge in [-0.25, -0.2) is 9.18 Å². The maximum atomic E-state index is 13.2. The zero-order chi connectivity index (χ0) is 21.2. The van der Waals surface area contributed by atoms with E-state index in [1.165, 1.54) is 36.9 Å². The molecule has 0 fully saturated rings. The summed E-state index contributed by atoms with van der Waals surface area (Å²) in [5, 5.41) is 5.15. The molecule has 0 aromatic heterocycles. The molecule has 6 nitrogen and oxygen atoms in total. The van der Waals surface area contributed by atoms with Crippen LogP contribution in [0.25, 0.3) is 0 Å². The molecule has 2 rings (SSSR count). The van der Waals surface area contributed by atoms with E-state index in [4.69, 9.17) is 4.74 Å². The molecule has 2 N–H and O–H groups in total. The van der Waals surface area contributed by atoms with Gasteiger partial charge in [0, 0.05) is 11.3 Å². The van der Waals surface area contributed by atoms with Crippen molar-refractivity contribution in [3.05, 3.63) is 66.0 Å². The Bertz CT molecular complexity index is 848. The Morgan fingerprint density at radius 2 is 1.83 bits per heavy atom. The van der Waals surface area contributed by atoms with Gasteiger partial charge in [0.25, 0.3) is 11.8 Å². The lowest BCUT2D eigenvalue weighted by molar-refractivity contribution is -0.155. The van der Waals surface area contributed by atoms with E-state index in [0.717, 1.165) is 6.07 Å². The van der Waals surface area contributed by atoms with Crippen LogP contribution in [0.2, 0.25) is 0 Å². The van der Waals surface area contributed by atoms with Crippen LogP contribution < -0.4 is 10.6 Å². The van der Waals surface area contributed by atoms with Crippen LogP contribution in [-0.4, -0.2) is 41.9 Å². The molecule has 2 amide bonds. The van der Waals surface area contributed by atoms with Gasteiger partial charge in [0.15, 0.2) is 6.10 Å². The Morgan fingerprint density at radius 3 is 2.48 bits per heavy atom. The molecule has 0 aliphatic heterocycles. The number of thioether (sulfide) groups is 1. The molecule has 0 heterocycles. The lowest BCUT2D eigenvalue weighted by Gasteiger charge is -2.20. The molecule has 0 spiro atoms. The summed E-state index contributed by atoms with van der Waals surface area (Å²) in [6.07, 6.45) is 1.13. The van der Waals surface area contributed by atoms with Crippen LogP contribution in [0.5, 0.6) is 0 Å². The van der Waals surface area contributed by atoms with Crippen molar-refractivity contribution < 1.29 is 23.5 Å². The van der Waals surface area contributed by atoms with E-state index in [1.807, 2.05) is 6.26 Å². The first-order valence-electron chi connectivity index (χ1n) is 9.02. The van der Waals surface area contributed by atoms with E-state index in [-0.39, 0.29) is 5.69 Å². The van der Waals surface area contributed by atoms with Gasteiger partial charge >= 0.3 is 5.97 Å². The minimum Gasteiger partial charge on any atom is -0.451 e. The van der Waals surface area contributed by atoms with Crippen molar-refractivity contribution in [3.8, 4) is 0 Å². The Balaban J connectivity index is 1.98. The third kappa shape index (κ3) is 7.23. The fourth-order valence-electron chi connectivity index (χ4n) is 2.44. The van der Waals surface area contributed by atoms with Gasteiger partial charge < -0.3 is 15.4 Å². The monoisotopic (exact) mass is 418 g/mol. The maximum absolute atomic E-state index is 13.2. The van der Waals surface area contributed by atoms with E-state index < -0.39 is 35.7 Å². The van der Waals surface area contributed by atoms with E-state index in [9.17, 15) is 18.8 Å². The Morgan fingerprint density at radius 1 is 1.10 bits per heavy atom. The van der Waals surface area contributed by atoms with Crippen molar-refractivity contribution >= 4 is 35.2 Å². The second kappa shape index (κ2) is 11.2. The molecule has 0 saturated heterocycles. The Kier molecular flexibility index (Phi) is 8.67. The number of carbonyl (C=O) groups excluding carboxylic acids is 3. The highest BCUT2D eigenvalue weighted by Gasteiger charge is 2.26. The molecular formula is C21H23FN2O4S. The summed E-state index contributed by atoms with van der Waals surface area (Å²) in [5.41, 5.74) is 0.681. The summed E-state index contributed by atoms with van der Waals surface area (Å²) < 4.78 is 18.5. The Labute approximate surface area is 173 Å². The molecule has 0 unspecified atom stereocenters. The summed E-state index contributed by atoms with van der Waals surface area (Å²) >= 11 is 1.52. The fourth-order valence-corrected chi connectivity index (χ4v) is 2.91. The molecule has 0 aliphatic rings. The SMILES string of the molecule is CSCC[C@@H](NC(=O)c1ccccc1)C(=O)O[C@@H](C)C(=O)Nc1cccc(F)c1. The molecule has 0 radical (unpaired) electrons. The molecule has 0 aliphatic carbocycles. The lowest BCUT2D eigenvalue weighted by Crippen LogP contribution is -2.44. The van der Waals surface area contributed by atoms with Gasteiger partial charge in [0.05, 0.1) is 0 Å². The number of ether oxygens (including phenoxy) is 1. The number of esters is 1. The summed E-state index contributed by atoms with van der Waals surface area (Å²) in [6, 6.07) is 13.0. The largest absolute Gasteiger partial charge is 0.451 e. The molecule has 0 bridgehead atoms. The second-order valence-electron chi connectivity index (χ2n) is 6.25. The van der Waals surface area contributed by atoms with Crippen molar-refractivity contribution in [1.82, 2.24) is 5.32 Å². The van der Waals surface area contributed by atoms with Crippen molar-refractivity contribution in [2.75, 3.05) is 17.3 Å². The number of nitrogens with one attached hydrogen (secondary N) is 2. The smallest absolute Gasteiger partial charge is 0.329 e. The van der Waals surface area contributed by atoms with Crippen molar-refractivity contribution in [1.29, 1.82) is 0 Å². The minimum atomic E-state index is -1.11. The van der Waals surface area contributed by atoms with E-state index in [0.29, 0.717) is 17.7 Å². The van der Waals surface area contributed by atoms with Crippen LogP contribution in [0.15, 0.2) is 54.6 Å². The van der Waals surface area contributed by atoms with Gasteiger partial charge in [0.2, 0.25) is 0 Å². The third-order valence-electron chi connectivity index (χ3n) is 3.99. The average Bonchev–Trinajstić information content (AvgIpc) is 2.71. The van der Waals surface area contributed by atoms with Gasteiger partial charge in [-0.3, -0.25) is 9.59 Å². The van der Waals surface area contributed by atoms with Gasteiger partial charge in [-0.2, -0.15) is 11.8 Å². The van der Waals surface area contributed by atoms with Gasteiger partial charge in [-0.05, 0) is 55.7 Å². The van der Waals surface area contributed by atoms with E-state index in [1.54, 1.807) is 30.3 Å². The maximum Gasteiger partial charge on any atom is 0.329 e. The molecule has 2 atom stereocenters. The zero-order valence-corrected chi connectivity index (χ0v) is 17.0. The van der Waals surface area contributed by atoms with Crippen LogP contribution in [-0.2, 0) is 14.3 Å². The minimum absolute atomic E-state index is 0.259. The number of hydrogen-bond acceptors (Lipinski definition) is 5. The summed E-state index contributed by atoms with van der Waals surface area (Å²) in [5.74, 6) is -1.57. The number of halogens is 1. The predicted molar refractivity (Wildman–Crippen MR) is 111 cm³/mol. The molecule has 8 heteroatoms. The molecular weight excluding hydrogens is 395 g/mol. The van der Waals surface area contributed by atoms with Crippen molar-refractivity contribution in [2.24, 2.45) is 0 Å². The summed E-state index contributed by atoms with van der Waals surface area (Å²) in [7, 11) is 0. The van der Waals surface area contributed by atoms with Gasteiger partial charge in [-0.1, -0.05) is 24.3 Å². The van der Waals surface area contributed by atoms with E-state index >= 15 is 0 Å². The standard InChI is InChI=1S/C21H23FN2O4S/c1-14(19(25)23-17-10-6-9-16(22)13-17)28-21(27)18(11-12-29-2)24-20(26)15-7-4-3-5-8-15/h3-10,13-14,18H,11-12H2,1-2H3,(H,23,25)(H,24,26)/t14-,18+/m0/s1. The average molecular weight is 418 g/mol. The third-order valence-corrected chi connectivity index (χ3v) is 4.63. The van der Waals surface area contributed by atoms with E-state index in [2.05, 4.69) is 10.6 Å². The molecule has 2 aromatic rings. The first-order chi connectivity index (χ1) is 13.9. The van der Waals surface area contributed by atoms with Crippen LogP contribution >= 0.6 is 11.8 Å². The van der Waals surface area contributed by atoms with Crippen LogP contribution in [0.4, 0.5) is 10.1 Å². The molecule has 2 aromatic carbocycles. The normalized spacial score (nSPS) is 12.5. The first-order valence-corrected chi connectivity index (χ1v) is 10.4. The lowest BCUT2D eigenvalue weighted by atomic mass is 10.1. The number of benzene rings is 2. The van der Waals surface area contributed by atoms with Gasteiger partial charge in [-0.15, -0.1) is 0 Å². The number of hydrogen-bond donors (Lipinski definition) is 2. The van der Waals surface area contributed by atoms with Crippen molar-refractivity contribution in [3.63, 3.8) is 0 Å². The summed E-state index contributed by atoms with van der Waals surface area (Å²) in [6.45, 7) is 1.41. The van der Waals surface area contributed by atoms with Crippen LogP contribution in [0.1, 0.15) is 23.7 Å².